The molecule has 5 rings (SSSR count). The highest BCUT2D eigenvalue weighted by Gasteiger charge is 2.38. The molecule has 2 aliphatic rings. The van der Waals surface area contributed by atoms with Crippen LogP contribution in [0.4, 0.5) is 5.69 Å². The Kier molecular flexibility index (Phi) is 4.88. The second kappa shape index (κ2) is 7.72. The van der Waals surface area contributed by atoms with Gasteiger partial charge >= 0.3 is 5.69 Å². The topological polar surface area (TPSA) is 78.4 Å². The number of nitrogens with zero attached hydrogens (tertiary/aromatic N) is 3. The zero-order valence-corrected chi connectivity index (χ0v) is 17.6. The number of rotatable bonds is 3. The van der Waals surface area contributed by atoms with Crippen LogP contribution in [0.1, 0.15) is 30.9 Å². The van der Waals surface area contributed by atoms with Gasteiger partial charge in [-0.3, -0.25) is 14.2 Å². The van der Waals surface area contributed by atoms with Gasteiger partial charge in [0.2, 0.25) is 11.8 Å². The van der Waals surface area contributed by atoms with E-state index in [1.54, 1.807) is 4.90 Å². The summed E-state index contributed by atoms with van der Waals surface area (Å²) in [7, 11) is 0. The van der Waals surface area contributed by atoms with E-state index in [4.69, 9.17) is 0 Å². The Morgan fingerprint density at radius 3 is 2.45 bits per heavy atom. The van der Waals surface area contributed by atoms with Crippen LogP contribution in [0.3, 0.4) is 0 Å². The molecule has 3 heterocycles. The maximum absolute atomic E-state index is 13.1. The largest absolute Gasteiger partial charge is 0.342 e. The second-order valence-electron chi connectivity index (χ2n) is 8.61. The van der Waals surface area contributed by atoms with Crippen molar-refractivity contribution in [1.29, 1.82) is 0 Å². The van der Waals surface area contributed by atoms with Crippen molar-refractivity contribution in [3.05, 3.63) is 64.6 Å². The van der Waals surface area contributed by atoms with Crippen LogP contribution in [0.15, 0.2) is 53.3 Å². The second-order valence-corrected chi connectivity index (χ2v) is 8.61. The molecule has 31 heavy (non-hydrogen) atoms. The molecule has 0 spiro atoms. The molecule has 0 radical (unpaired) electrons. The summed E-state index contributed by atoms with van der Waals surface area (Å²) in [5, 5.41) is 0. The Balaban J connectivity index is 1.25. The molecule has 0 saturated carbocycles. The maximum Gasteiger partial charge on any atom is 0.326 e. The summed E-state index contributed by atoms with van der Waals surface area (Å²) in [5.41, 5.74) is 3.64. The normalized spacial score (nSPS) is 20.0. The highest BCUT2D eigenvalue weighted by molar-refractivity contribution is 6.00. The minimum absolute atomic E-state index is 0.00225. The van der Waals surface area contributed by atoms with Gasteiger partial charge in [0.05, 0.1) is 17.0 Å². The number of para-hydroxylation sites is 2. The van der Waals surface area contributed by atoms with Crippen molar-refractivity contribution in [2.45, 2.75) is 32.2 Å². The molecule has 1 aromatic heterocycles. The van der Waals surface area contributed by atoms with Crippen LogP contribution in [0.2, 0.25) is 0 Å². The third kappa shape index (κ3) is 3.54. The Morgan fingerprint density at radius 1 is 1.00 bits per heavy atom. The Bertz CT molecular complexity index is 1190. The highest BCUT2D eigenvalue weighted by atomic mass is 16.2. The number of fused-ring (bicyclic) bond motifs is 1. The van der Waals surface area contributed by atoms with E-state index in [0.717, 1.165) is 35.1 Å². The van der Waals surface area contributed by atoms with Crippen molar-refractivity contribution in [3.8, 4) is 0 Å². The molecule has 0 bridgehead atoms. The summed E-state index contributed by atoms with van der Waals surface area (Å²) >= 11 is 0. The number of piperidine rings is 1. The van der Waals surface area contributed by atoms with E-state index in [-0.39, 0.29) is 35.9 Å². The molecule has 0 aliphatic carbocycles. The number of likely N-dealkylation sites (tertiary alicyclic amines) is 1. The summed E-state index contributed by atoms with van der Waals surface area (Å²) in [6, 6.07) is 15.6. The van der Waals surface area contributed by atoms with Crippen LogP contribution in [0.25, 0.3) is 11.0 Å². The molecule has 2 amide bonds. The lowest BCUT2D eigenvalue weighted by Gasteiger charge is -2.34. The molecular weight excluding hydrogens is 392 g/mol. The van der Waals surface area contributed by atoms with E-state index in [1.165, 1.54) is 0 Å². The standard InChI is InChI=1S/C24H26N4O3/c1-16-6-8-18(9-7-16)27-15-17(14-22(27)29)23(30)26-12-10-19(11-13-26)28-21-5-3-2-4-20(21)25-24(28)31/h2-9,17,19H,10-15H2,1H3,(H,25,31). The van der Waals surface area contributed by atoms with Gasteiger partial charge in [0.1, 0.15) is 0 Å². The van der Waals surface area contributed by atoms with Gasteiger partial charge in [-0.05, 0) is 44.0 Å². The number of aromatic nitrogens is 2. The number of aryl methyl sites for hydroxylation is 1. The summed E-state index contributed by atoms with van der Waals surface area (Å²) in [4.78, 5) is 44.6. The van der Waals surface area contributed by atoms with Crippen molar-refractivity contribution in [3.63, 3.8) is 0 Å². The fraction of sp³-hybridized carbons (Fsp3) is 0.375. The van der Waals surface area contributed by atoms with Gasteiger partial charge in [-0.1, -0.05) is 29.8 Å². The molecule has 1 unspecified atom stereocenters. The van der Waals surface area contributed by atoms with E-state index in [9.17, 15) is 14.4 Å². The van der Waals surface area contributed by atoms with Gasteiger partial charge in [0.25, 0.3) is 0 Å². The summed E-state index contributed by atoms with van der Waals surface area (Å²) in [6.45, 7) is 3.65. The van der Waals surface area contributed by atoms with Gasteiger partial charge in [0.15, 0.2) is 0 Å². The number of benzene rings is 2. The lowest BCUT2D eigenvalue weighted by molar-refractivity contribution is -0.137. The number of nitrogens with one attached hydrogen (secondary N) is 1. The molecule has 3 aromatic rings. The molecule has 160 valence electrons. The molecule has 1 atom stereocenters. The molecule has 2 saturated heterocycles. The fourth-order valence-electron chi connectivity index (χ4n) is 4.89. The fourth-order valence-corrected chi connectivity index (χ4v) is 4.89. The molecule has 2 aromatic carbocycles. The molecule has 1 N–H and O–H groups in total. The smallest absolute Gasteiger partial charge is 0.326 e. The van der Waals surface area contributed by atoms with Crippen molar-refractivity contribution in [2.24, 2.45) is 5.92 Å². The van der Waals surface area contributed by atoms with E-state index in [1.807, 2.05) is 64.9 Å². The highest BCUT2D eigenvalue weighted by Crippen LogP contribution is 2.29. The predicted octanol–water partition coefficient (Wildman–Crippen LogP) is 2.85. The lowest BCUT2D eigenvalue weighted by atomic mass is 10.0. The lowest BCUT2D eigenvalue weighted by Crippen LogP contribution is -2.43. The number of H-pyrrole nitrogens is 1. The summed E-state index contributed by atoms with van der Waals surface area (Å²) in [6.07, 6.45) is 1.72. The van der Waals surface area contributed by atoms with Gasteiger partial charge in [-0.2, -0.15) is 0 Å². The van der Waals surface area contributed by atoms with Crippen LogP contribution in [0.5, 0.6) is 0 Å². The van der Waals surface area contributed by atoms with Crippen LogP contribution >= 0.6 is 0 Å². The Hall–Kier alpha value is -3.35. The third-order valence-corrected chi connectivity index (χ3v) is 6.59. The van der Waals surface area contributed by atoms with E-state index in [2.05, 4.69) is 4.98 Å². The van der Waals surface area contributed by atoms with Crippen LogP contribution in [-0.4, -0.2) is 45.9 Å². The zero-order chi connectivity index (χ0) is 21.5. The molecular formula is C24H26N4O3. The van der Waals surface area contributed by atoms with E-state index in [0.29, 0.717) is 19.6 Å². The van der Waals surface area contributed by atoms with Crippen LogP contribution in [0, 0.1) is 12.8 Å². The van der Waals surface area contributed by atoms with Gasteiger partial charge < -0.3 is 14.8 Å². The van der Waals surface area contributed by atoms with Crippen molar-refractivity contribution in [2.75, 3.05) is 24.5 Å². The van der Waals surface area contributed by atoms with E-state index < -0.39 is 0 Å². The first kappa shape index (κ1) is 19.6. The van der Waals surface area contributed by atoms with Gasteiger partial charge in [-0.15, -0.1) is 0 Å². The monoisotopic (exact) mass is 418 g/mol. The number of anilines is 1. The van der Waals surface area contributed by atoms with Crippen LogP contribution in [-0.2, 0) is 9.59 Å². The summed E-state index contributed by atoms with van der Waals surface area (Å²) < 4.78 is 1.83. The van der Waals surface area contributed by atoms with Gasteiger partial charge in [-0.25, -0.2) is 4.79 Å². The van der Waals surface area contributed by atoms with Crippen molar-refractivity contribution >= 4 is 28.5 Å². The number of carbonyl (C=O) groups excluding carboxylic acids is 2. The maximum atomic E-state index is 13.1. The Labute approximate surface area is 180 Å². The third-order valence-electron chi connectivity index (χ3n) is 6.59. The number of carbonyl (C=O) groups is 2. The van der Waals surface area contributed by atoms with Crippen molar-refractivity contribution in [1.82, 2.24) is 14.5 Å². The average molecular weight is 418 g/mol. The molecule has 2 fully saturated rings. The first-order valence-electron chi connectivity index (χ1n) is 10.9. The van der Waals surface area contributed by atoms with E-state index >= 15 is 0 Å². The van der Waals surface area contributed by atoms with Gasteiger partial charge in [0, 0.05) is 37.8 Å². The average Bonchev–Trinajstić information content (AvgIpc) is 3.33. The molecule has 2 aliphatic heterocycles. The minimum Gasteiger partial charge on any atom is -0.342 e. The first-order valence-corrected chi connectivity index (χ1v) is 10.9. The van der Waals surface area contributed by atoms with Crippen molar-refractivity contribution < 1.29 is 9.59 Å². The number of hydrogen-bond acceptors (Lipinski definition) is 3. The zero-order valence-electron chi connectivity index (χ0n) is 17.6. The number of amides is 2. The first-order chi connectivity index (χ1) is 15.0. The predicted molar refractivity (Wildman–Crippen MR) is 119 cm³/mol. The minimum atomic E-state index is -0.304. The number of hydrogen-bond donors (Lipinski definition) is 1. The SMILES string of the molecule is Cc1ccc(N2CC(C(=O)N3CCC(n4c(=O)[nH]c5ccccc54)CC3)CC2=O)cc1. The molecule has 7 nitrogen and oxygen atoms in total. The molecule has 7 heteroatoms. The van der Waals surface area contributed by atoms with Crippen LogP contribution < -0.4 is 10.6 Å². The quantitative estimate of drug-likeness (QED) is 0.710. The summed E-state index contributed by atoms with van der Waals surface area (Å²) in [5.74, 6) is -0.253. The Morgan fingerprint density at radius 2 is 1.71 bits per heavy atom. The number of aromatic amines is 1. The number of imidazole rings is 1.